The number of methoxy groups -OCH3 is 1. The summed E-state index contributed by atoms with van der Waals surface area (Å²) in [6.45, 7) is 4.05. The lowest BCUT2D eigenvalue weighted by Crippen LogP contribution is -2.55. The van der Waals surface area contributed by atoms with Crippen LogP contribution in [0.25, 0.3) is 0 Å². The molecule has 8 heteroatoms. The molecule has 138 valence electrons. The van der Waals surface area contributed by atoms with E-state index in [1.807, 2.05) is 9.80 Å². The topological polar surface area (TPSA) is 80.6 Å². The van der Waals surface area contributed by atoms with E-state index < -0.39 is 0 Å². The third-order valence-corrected chi connectivity index (χ3v) is 5.35. The van der Waals surface area contributed by atoms with Gasteiger partial charge in [-0.2, -0.15) is 5.10 Å². The van der Waals surface area contributed by atoms with Crippen LogP contribution in [0.15, 0.2) is 12.7 Å². The minimum atomic E-state index is 0.0445. The highest BCUT2D eigenvalue weighted by atomic mass is 16.5. The molecule has 0 aromatic carbocycles. The molecule has 2 saturated heterocycles. The van der Waals surface area contributed by atoms with Gasteiger partial charge in [0.15, 0.2) is 0 Å². The van der Waals surface area contributed by atoms with E-state index in [0.717, 1.165) is 38.9 Å². The fraction of sp³-hybridized carbons (Fsp3) is 0.765. The van der Waals surface area contributed by atoms with E-state index in [0.29, 0.717) is 32.5 Å². The van der Waals surface area contributed by atoms with Crippen LogP contribution in [-0.4, -0.2) is 76.3 Å². The molecule has 2 aliphatic rings. The summed E-state index contributed by atoms with van der Waals surface area (Å²) in [4.78, 5) is 32.5. The zero-order valence-electron chi connectivity index (χ0n) is 14.9. The molecule has 1 aromatic heterocycles. The minimum absolute atomic E-state index is 0.0445. The van der Waals surface area contributed by atoms with Crippen LogP contribution >= 0.6 is 0 Å². The molecule has 0 aliphatic carbocycles. The van der Waals surface area contributed by atoms with Crippen molar-refractivity contribution in [2.45, 2.75) is 38.6 Å². The van der Waals surface area contributed by atoms with Gasteiger partial charge in [-0.3, -0.25) is 14.3 Å². The lowest BCUT2D eigenvalue weighted by Gasteiger charge is -2.48. The largest absolute Gasteiger partial charge is 0.383 e. The van der Waals surface area contributed by atoms with Crippen molar-refractivity contribution in [2.75, 3.05) is 39.9 Å². The zero-order chi connectivity index (χ0) is 17.7. The Kier molecular flexibility index (Phi) is 5.67. The van der Waals surface area contributed by atoms with Crippen LogP contribution < -0.4 is 0 Å². The Morgan fingerprint density at radius 2 is 2.20 bits per heavy atom. The minimum Gasteiger partial charge on any atom is -0.383 e. The van der Waals surface area contributed by atoms with Gasteiger partial charge in [-0.05, 0) is 19.3 Å². The molecule has 0 saturated carbocycles. The number of carbonyl (C=O) groups is 2. The molecule has 1 spiro atoms. The Labute approximate surface area is 148 Å². The molecule has 2 fully saturated rings. The van der Waals surface area contributed by atoms with Crippen LogP contribution in [0.1, 0.15) is 32.1 Å². The maximum absolute atomic E-state index is 12.6. The van der Waals surface area contributed by atoms with Gasteiger partial charge < -0.3 is 14.5 Å². The first kappa shape index (κ1) is 17.8. The van der Waals surface area contributed by atoms with Crippen molar-refractivity contribution in [3.05, 3.63) is 12.7 Å². The van der Waals surface area contributed by atoms with Crippen molar-refractivity contribution in [3.8, 4) is 0 Å². The van der Waals surface area contributed by atoms with Crippen LogP contribution in [0.3, 0.4) is 0 Å². The van der Waals surface area contributed by atoms with Gasteiger partial charge in [-0.25, -0.2) is 4.98 Å². The van der Waals surface area contributed by atoms with Crippen LogP contribution in [0, 0.1) is 5.41 Å². The number of aromatic nitrogens is 3. The monoisotopic (exact) mass is 349 g/mol. The molecule has 0 unspecified atom stereocenters. The van der Waals surface area contributed by atoms with E-state index in [2.05, 4.69) is 10.1 Å². The fourth-order valence-corrected chi connectivity index (χ4v) is 3.98. The molecule has 0 bridgehead atoms. The van der Waals surface area contributed by atoms with Gasteiger partial charge in [-0.1, -0.05) is 0 Å². The number of hydrogen-bond acceptors (Lipinski definition) is 5. The molecule has 3 rings (SSSR count). The molecular weight excluding hydrogens is 322 g/mol. The second-order valence-electron chi connectivity index (χ2n) is 7.14. The van der Waals surface area contributed by atoms with Crippen molar-refractivity contribution in [3.63, 3.8) is 0 Å². The van der Waals surface area contributed by atoms with E-state index in [4.69, 9.17) is 4.74 Å². The highest BCUT2D eigenvalue weighted by Gasteiger charge is 2.42. The summed E-state index contributed by atoms with van der Waals surface area (Å²) in [7, 11) is 1.65. The summed E-state index contributed by atoms with van der Waals surface area (Å²) >= 11 is 0. The molecule has 2 amide bonds. The molecule has 1 aromatic rings. The Morgan fingerprint density at radius 1 is 1.32 bits per heavy atom. The van der Waals surface area contributed by atoms with E-state index in [1.165, 1.54) is 6.33 Å². The van der Waals surface area contributed by atoms with Gasteiger partial charge >= 0.3 is 0 Å². The van der Waals surface area contributed by atoms with Crippen LogP contribution in [0.4, 0.5) is 0 Å². The lowest BCUT2D eigenvalue weighted by molar-refractivity contribution is -0.143. The average molecular weight is 349 g/mol. The van der Waals surface area contributed by atoms with Crippen LogP contribution in [0.5, 0.6) is 0 Å². The number of carbonyl (C=O) groups excluding carboxylic acids is 2. The molecule has 8 nitrogen and oxygen atoms in total. The van der Waals surface area contributed by atoms with E-state index >= 15 is 0 Å². The molecule has 3 heterocycles. The van der Waals surface area contributed by atoms with Gasteiger partial charge in [0.1, 0.15) is 12.7 Å². The van der Waals surface area contributed by atoms with E-state index in [9.17, 15) is 9.59 Å². The molecule has 25 heavy (non-hydrogen) atoms. The third kappa shape index (κ3) is 4.36. The van der Waals surface area contributed by atoms with Gasteiger partial charge in [0.25, 0.3) is 0 Å². The SMILES string of the molecule is COCCN1C[C@]2(CCCN(C(=O)CCn3cncn3)C2)CCC1=O. The average Bonchev–Trinajstić information content (AvgIpc) is 3.14. The molecule has 0 radical (unpaired) electrons. The second kappa shape index (κ2) is 7.95. The summed E-state index contributed by atoms with van der Waals surface area (Å²) in [6, 6.07) is 0. The number of amides is 2. The van der Waals surface area contributed by atoms with Gasteiger partial charge in [0.05, 0.1) is 13.2 Å². The van der Waals surface area contributed by atoms with Crippen molar-refractivity contribution >= 4 is 11.8 Å². The van der Waals surface area contributed by atoms with Crippen molar-refractivity contribution in [1.29, 1.82) is 0 Å². The van der Waals surface area contributed by atoms with E-state index in [-0.39, 0.29) is 17.2 Å². The first-order chi connectivity index (χ1) is 12.1. The fourth-order valence-electron chi connectivity index (χ4n) is 3.98. The Hall–Kier alpha value is -1.96. The number of aryl methyl sites for hydroxylation is 1. The number of hydrogen-bond donors (Lipinski definition) is 0. The highest BCUT2D eigenvalue weighted by molar-refractivity contribution is 5.78. The summed E-state index contributed by atoms with van der Waals surface area (Å²) in [5, 5.41) is 4.04. The highest BCUT2D eigenvalue weighted by Crippen LogP contribution is 2.39. The number of ether oxygens (including phenoxy) is 1. The summed E-state index contributed by atoms with van der Waals surface area (Å²) in [5.41, 5.74) is 0.0445. The Bertz CT molecular complexity index is 591. The Balaban J connectivity index is 1.57. The molecule has 0 N–H and O–H groups in total. The lowest BCUT2D eigenvalue weighted by atomic mass is 9.73. The van der Waals surface area contributed by atoms with Gasteiger partial charge in [-0.15, -0.1) is 0 Å². The zero-order valence-corrected chi connectivity index (χ0v) is 14.9. The number of likely N-dealkylation sites (tertiary alicyclic amines) is 2. The summed E-state index contributed by atoms with van der Waals surface area (Å²) < 4.78 is 6.81. The third-order valence-electron chi connectivity index (χ3n) is 5.35. The molecule has 2 aliphatic heterocycles. The number of rotatable bonds is 6. The van der Waals surface area contributed by atoms with Crippen LogP contribution in [-0.2, 0) is 20.9 Å². The molecule has 1 atom stereocenters. The predicted molar refractivity (Wildman–Crippen MR) is 90.6 cm³/mol. The standard InChI is InChI=1S/C17H27N5O3/c1-25-10-9-21-12-17(6-3-15(21)23)5-2-7-20(11-17)16(24)4-8-22-14-18-13-19-22/h13-14H,2-12H2,1H3/t17-/m1/s1. The Morgan fingerprint density at radius 3 is 2.96 bits per heavy atom. The van der Waals surface area contributed by atoms with Crippen LogP contribution in [0.2, 0.25) is 0 Å². The normalized spacial score (nSPS) is 24.1. The second-order valence-corrected chi connectivity index (χ2v) is 7.14. The van der Waals surface area contributed by atoms with Crippen molar-refractivity contribution in [2.24, 2.45) is 5.41 Å². The number of nitrogens with zero attached hydrogens (tertiary/aromatic N) is 5. The van der Waals surface area contributed by atoms with Gasteiger partial charge in [0.2, 0.25) is 11.8 Å². The van der Waals surface area contributed by atoms with Gasteiger partial charge in [0, 0.05) is 51.5 Å². The first-order valence-corrected chi connectivity index (χ1v) is 8.99. The predicted octanol–water partition coefficient (Wildman–Crippen LogP) is 0.546. The number of piperidine rings is 2. The van der Waals surface area contributed by atoms with Crippen molar-refractivity contribution < 1.29 is 14.3 Å². The summed E-state index contributed by atoms with van der Waals surface area (Å²) in [5.74, 6) is 0.368. The summed E-state index contributed by atoms with van der Waals surface area (Å²) in [6.07, 6.45) is 7.08. The van der Waals surface area contributed by atoms with Crippen molar-refractivity contribution in [1.82, 2.24) is 24.6 Å². The first-order valence-electron chi connectivity index (χ1n) is 8.99. The quantitative estimate of drug-likeness (QED) is 0.749. The maximum Gasteiger partial charge on any atom is 0.224 e. The smallest absolute Gasteiger partial charge is 0.224 e. The van der Waals surface area contributed by atoms with E-state index in [1.54, 1.807) is 18.1 Å². The molecular formula is C17H27N5O3. The maximum atomic E-state index is 12.6.